The molecule has 0 spiro atoms. The molecule has 158 valence electrons. The van der Waals surface area contributed by atoms with Gasteiger partial charge in [-0.3, -0.25) is 4.79 Å². The fourth-order valence-corrected chi connectivity index (χ4v) is 3.38. The maximum Gasteiger partial charge on any atom is 0.418 e. The molecule has 3 rings (SSSR count). The van der Waals surface area contributed by atoms with Crippen molar-refractivity contribution in [3.8, 4) is 17.2 Å². The van der Waals surface area contributed by atoms with Gasteiger partial charge in [0.15, 0.2) is 11.5 Å². The maximum absolute atomic E-state index is 13.5. The van der Waals surface area contributed by atoms with Crippen LogP contribution in [0.2, 0.25) is 0 Å². The van der Waals surface area contributed by atoms with Crippen LogP contribution in [0.1, 0.15) is 27.3 Å². The average Bonchev–Trinajstić information content (AvgIpc) is 3.01. The summed E-state index contributed by atoms with van der Waals surface area (Å²) in [6.07, 6.45) is -4.51. The fourth-order valence-electron chi connectivity index (χ4n) is 3.38. The van der Waals surface area contributed by atoms with E-state index in [0.29, 0.717) is 28.6 Å². The van der Waals surface area contributed by atoms with Gasteiger partial charge >= 0.3 is 6.18 Å². The van der Waals surface area contributed by atoms with Crippen LogP contribution < -0.4 is 14.8 Å². The molecule has 1 amide bonds. The Morgan fingerprint density at radius 3 is 2.27 bits per heavy atom. The van der Waals surface area contributed by atoms with Gasteiger partial charge in [-0.2, -0.15) is 13.2 Å². The van der Waals surface area contributed by atoms with Gasteiger partial charge in [0.05, 0.1) is 31.0 Å². The molecule has 1 aromatic heterocycles. The zero-order valence-electron chi connectivity index (χ0n) is 16.9. The summed E-state index contributed by atoms with van der Waals surface area (Å²) < 4.78 is 52.2. The molecular weight excluding hydrogens is 397 g/mol. The lowest BCUT2D eigenvalue weighted by Gasteiger charge is -2.17. The summed E-state index contributed by atoms with van der Waals surface area (Å²) in [6, 6.07) is 11.8. The Balaban J connectivity index is 1.98. The van der Waals surface area contributed by atoms with Gasteiger partial charge in [0.2, 0.25) is 0 Å². The molecule has 2 aromatic carbocycles. The van der Waals surface area contributed by atoms with Gasteiger partial charge in [0, 0.05) is 23.1 Å². The number of ether oxygens (including phenoxy) is 2. The van der Waals surface area contributed by atoms with Gasteiger partial charge in [0.1, 0.15) is 0 Å². The van der Waals surface area contributed by atoms with E-state index in [2.05, 4.69) is 5.32 Å². The van der Waals surface area contributed by atoms with Gasteiger partial charge in [-0.1, -0.05) is 12.1 Å². The van der Waals surface area contributed by atoms with Crippen molar-refractivity contribution in [3.05, 3.63) is 71.0 Å². The highest BCUT2D eigenvalue weighted by Gasteiger charge is 2.34. The lowest BCUT2D eigenvalue weighted by atomic mass is 10.1. The Kier molecular flexibility index (Phi) is 5.78. The van der Waals surface area contributed by atoms with Gasteiger partial charge in [0.25, 0.3) is 5.91 Å². The first kappa shape index (κ1) is 21.3. The first-order chi connectivity index (χ1) is 14.2. The lowest BCUT2D eigenvalue weighted by molar-refractivity contribution is -0.137. The Labute approximate surface area is 172 Å². The third-order valence-corrected chi connectivity index (χ3v) is 4.77. The lowest BCUT2D eigenvalue weighted by Crippen LogP contribution is -2.15. The highest BCUT2D eigenvalue weighted by atomic mass is 19.4. The molecule has 0 bridgehead atoms. The fraction of sp³-hybridized carbons (Fsp3) is 0.227. The normalized spacial score (nSPS) is 11.3. The average molecular weight is 418 g/mol. The van der Waals surface area contributed by atoms with Gasteiger partial charge in [-0.25, -0.2) is 0 Å². The second-order valence-corrected chi connectivity index (χ2v) is 6.66. The molecule has 0 unspecified atom stereocenters. The van der Waals surface area contributed by atoms with Crippen LogP contribution in [0, 0.1) is 13.8 Å². The van der Waals surface area contributed by atoms with Crippen molar-refractivity contribution in [2.24, 2.45) is 0 Å². The van der Waals surface area contributed by atoms with Gasteiger partial charge < -0.3 is 19.4 Å². The number of hydrogen-bond acceptors (Lipinski definition) is 3. The Morgan fingerprint density at radius 2 is 1.63 bits per heavy atom. The predicted molar refractivity (Wildman–Crippen MR) is 108 cm³/mol. The second-order valence-electron chi connectivity index (χ2n) is 6.66. The molecule has 3 aromatic rings. The number of nitrogens with one attached hydrogen (secondary N) is 1. The van der Waals surface area contributed by atoms with Crippen LogP contribution in [0.5, 0.6) is 11.5 Å². The van der Waals surface area contributed by atoms with E-state index in [4.69, 9.17) is 9.47 Å². The molecule has 30 heavy (non-hydrogen) atoms. The third kappa shape index (κ3) is 3.98. The van der Waals surface area contributed by atoms with E-state index in [1.54, 1.807) is 38.1 Å². The highest BCUT2D eigenvalue weighted by molar-refractivity contribution is 6.05. The smallest absolute Gasteiger partial charge is 0.418 e. The molecular formula is C22H21F3N2O3. The maximum atomic E-state index is 13.5. The first-order valence-corrected chi connectivity index (χ1v) is 9.06. The van der Waals surface area contributed by atoms with Gasteiger partial charge in [-0.15, -0.1) is 0 Å². The first-order valence-electron chi connectivity index (χ1n) is 9.06. The molecule has 1 N–H and O–H groups in total. The number of alkyl halides is 3. The number of aromatic nitrogens is 1. The van der Waals surface area contributed by atoms with Crippen molar-refractivity contribution in [3.63, 3.8) is 0 Å². The summed E-state index contributed by atoms with van der Waals surface area (Å²) in [4.78, 5) is 12.8. The summed E-state index contributed by atoms with van der Waals surface area (Å²) in [6.45, 7) is 3.27. The molecule has 0 atom stereocenters. The van der Waals surface area contributed by atoms with E-state index in [1.807, 2.05) is 0 Å². The van der Waals surface area contributed by atoms with Crippen LogP contribution in [0.15, 0.2) is 48.5 Å². The number of anilines is 1. The van der Waals surface area contributed by atoms with E-state index in [0.717, 1.165) is 6.07 Å². The van der Waals surface area contributed by atoms with Crippen molar-refractivity contribution in [2.75, 3.05) is 19.5 Å². The van der Waals surface area contributed by atoms with Crippen molar-refractivity contribution in [1.29, 1.82) is 0 Å². The number of aryl methyl sites for hydroxylation is 1. The largest absolute Gasteiger partial charge is 0.493 e. The molecule has 0 saturated heterocycles. The number of para-hydroxylation sites is 1. The van der Waals surface area contributed by atoms with Crippen molar-refractivity contribution >= 4 is 11.6 Å². The van der Waals surface area contributed by atoms with Crippen LogP contribution in [-0.2, 0) is 6.18 Å². The van der Waals surface area contributed by atoms with E-state index in [1.165, 1.54) is 37.0 Å². The Bertz CT molecular complexity index is 1090. The number of methoxy groups -OCH3 is 2. The Hall–Kier alpha value is -3.42. The highest BCUT2D eigenvalue weighted by Crippen LogP contribution is 2.36. The van der Waals surface area contributed by atoms with Crippen molar-refractivity contribution in [1.82, 2.24) is 4.57 Å². The Morgan fingerprint density at radius 1 is 0.967 bits per heavy atom. The SMILES string of the molecule is COc1ccc(NC(=O)c2cc(C)n(-c3ccccc3C(F)(F)F)c2C)cc1OC. The molecule has 0 radical (unpaired) electrons. The van der Waals surface area contributed by atoms with E-state index in [9.17, 15) is 18.0 Å². The summed E-state index contributed by atoms with van der Waals surface area (Å²) in [5.74, 6) is 0.517. The minimum Gasteiger partial charge on any atom is -0.493 e. The minimum absolute atomic E-state index is 0.0230. The third-order valence-electron chi connectivity index (χ3n) is 4.77. The number of benzene rings is 2. The number of carbonyl (C=O) groups excluding carboxylic acids is 1. The van der Waals surface area contributed by atoms with Crippen LogP contribution in [0.25, 0.3) is 5.69 Å². The number of hydrogen-bond donors (Lipinski definition) is 1. The van der Waals surface area contributed by atoms with Crippen LogP contribution >= 0.6 is 0 Å². The zero-order valence-corrected chi connectivity index (χ0v) is 16.9. The second kappa shape index (κ2) is 8.14. The number of carbonyl (C=O) groups is 1. The van der Waals surface area contributed by atoms with Crippen LogP contribution in [0.3, 0.4) is 0 Å². The summed E-state index contributed by atoms with van der Waals surface area (Å²) in [7, 11) is 2.99. The zero-order chi connectivity index (χ0) is 22.1. The number of amides is 1. The summed E-state index contributed by atoms with van der Waals surface area (Å²) in [5.41, 5.74) is 0.880. The van der Waals surface area contributed by atoms with Gasteiger partial charge in [-0.05, 0) is 44.2 Å². The quantitative estimate of drug-likeness (QED) is 0.605. The molecule has 0 aliphatic rings. The number of rotatable bonds is 5. The number of nitrogens with zero attached hydrogens (tertiary/aromatic N) is 1. The monoisotopic (exact) mass is 418 g/mol. The van der Waals surface area contributed by atoms with Crippen molar-refractivity contribution < 1.29 is 27.4 Å². The predicted octanol–water partition coefficient (Wildman–Crippen LogP) is 5.38. The standard InChI is InChI=1S/C22H21F3N2O3/c1-13-11-16(21(28)26-15-9-10-19(29-3)20(12-15)30-4)14(2)27(13)18-8-6-5-7-17(18)22(23,24)25/h5-12H,1-4H3,(H,26,28). The molecule has 0 fully saturated rings. The van der Waals surface area contributed by atoms with E-state index in [-0.39, 0.29) is 11.3 Å². The molecule has 8 heteroatoms. The molecule has 0 saturated carbocycles. The molecule has 0 aliphatic carbocycles. The number of halogens is 3. The summed E-state index contributed by atoms with van der Waals surface area (Å²) >= 11 is 0. The minimum atomic E-state index is -4.51. The molecule has 0 aliphatic heterocycles. The van der Waals surface area contributed by atoms with Crippen LogP contribution in [-0.4, -0.2) is 24.7 Å². The van der Waals surface area contributed by atoms with E-state index < -0.39 is 17.6 Å². The topological polar surface area (TPSA) is 52.5 Å². The van der Waals surface area contributed by atoms with E-state index >= 15 is 0 Å². The molecule has 1 heterocycles. The van der Waals surface area contributed by atoms with Crippen molar-refractivity contribution in [2.45, 2.75) is 20.0 Å². The molecule has 5 nitrogen and oxygen atoms in total. The summed E-state index contributed by atoms with van der Waals surface area (Å²) in [5, 5.41) is 2.75. The van der Waals surface area contributed by atoms with Crippen LogP contribution in [0.4, 0.5) is 18.9 Å².